The Morgan fingerprint density at radius 3 is 2.39 bits per heavy atom. The van der Waals surface area contributed by atoms with E-state index in [-0.39, 0.29) is 30.5 Å². The summed E-state index contributed by atoms with van der Waals surface area (Å²) in [5, 5.41) is 14.4. The van der Waals surface area contributed by atoms with Gasteiger partial charge in [-0.05, 0) is 89.6 Å². The van der Waals surface area contributed by atoms with Crippen LogP contribution in [0.4, 0.5) is 10.1 Å². The number of carbonyl (C=O) groups is 1. The van der Waals surface area contributed by atoms with Crippen LogP contribution >= 0.6 is 23.2 Å². The van der Waals surface area contributed by atoms with E-state index in [1.165, 1.54) is 22.5 Å². The van der Waals surface area contributed by atoms with Crippen LogP contribution in [0.15, 0.2) is 72.8 Å². The molecule has 1 aromatic heterocycles. The Morgan fingerprint density at radius 1 is 0.978 bits per heavy atom. The number of morpholine rings is 1. The number of carbonyl (C=O) groups excluding carboxylic acids is 1. The normalized spacial score (nSPS) is 22.5. The van der Waals surface area contributed by atoms with Gasteiger partial charge in [0, 0.05) is 16.5 Å². The molecule has 0 spiro atoms. The van der Waals surface area contributed by atoms with Crippen LogP contribution in [-0.2, 0) is 26.0 Å². The van der Waals surface area contributed by atoms with Crippen LogP contribution in [0.1, 0.15) is 54.8 Å². The quantitative estimate of drug-likeness (QED) is 0.216. The van der Waals surface area contributed by atoms with Crippen LogP contribution in [-0.4, -0.2) is 63.8 Å². The minimum absolute atomic E-state index is 0.0202. The van der Waals surface area contributed by atoms with Crippen LogP contribution < -0.4 is 4.31 Å². The second kappa shape index (κ2) is 12.6. The molecule has 3 aliphatic rings. The number of tetrazole rings is 1. The lowest BCUT2D eigenvalue weighted by molar-refractivity contribution is -0.179. The molecule has 0 unspecified atom stereocenters. The molecule has 2 saturated carbocycles. The molecule has 0 bridgehead atoms. The first-order valence-electron chi connectivity index (χ1n) is 15.2. The maximum absolute atomic E-state index is 15.4. The molecule has 3 fully saturated rings. The average Bonchev–Trinajstić information content (AvgIpc) is 3.98. The molecular formula is C32H31Cl2FN6O4S. The second-order valence-electron chi connectivity index (χ2n) is 12.0. The summed E-state index contributed by atoms with van der Waals surface area (Å²) in [4.78, 5) is 16.5. The van der Waals surface area contributed by atoms with Gasteiger partial charge >= 0.3 is 0 Å². The van der Waals surface area contributed by atoms with Gasteiger partial charge in [-0.25, -0.2) is 17.9 Å². The van der Waals surface area contributed by atoms with Gasteiger partial charge in [0.25, 0.3) is 5.91 Å². The number of aromatic amines is 1. The van der Waals surface area contributed by atoms with Crippen molar-refractivity contribution in [3.05, 3.63) is 106 Å². The third kappa shape index (κ3) is 6.23. The van der Waals surface area contributed by atoms with Gasteiger partial charge in [0.15, 0.2) is 5.82 Å². The van der Waals surface area contributed by atoms with Gasteiger partial charge in [-0.3, -0.25) is 9.10 Å². The summed E-state index contributed by atoms with van der Waals surface area (Å²) in [6.07, 6.45) is 0.935. The third-order valence-corrected chi connectivity index (χ3v) is 11.6. The van der Waals surface area contributed by atoms with Crippen molar-refractivity contribution in [2.75, 3.05) is 10.8 Å². The minimum Gasteiger partial charge on any atom is -0.357 e. The van der Waals surface area contributed by atoms with Gasteiger partial charge in [-0.1, -0.05) is 59.6 Å². The lowest BCUT2D eigenvalue weighted by Gasteiger charge is -2.49. The topological polar surface area (TPSA) is 121 Å². The number of hydrogen-bond acceptors (Lipinski definition) is 7. The Morgan fingerprint density at radius 2 is 1.74 bits per heavy atom. The SMILES string of the molecule is O=C1[C@@H](Cc2nnn[nH]2)O[C@H](c2cccc(Cl)c2)[C@@H](c2ccc(Cl)cc2)N1[C@@H](CN(c1ccccc1F)S(=O)(=O)C1CC1)C1CC1. The molecule has 1 saturated heterocycles. The van der Waals surface area contributed by atoms with Gasteiger partial charge in [-0.15, -0.1) is 5.10 Å². The maximum atomic E-state index is 15.4. The standard InChI is InChI=1S/C32H31Cl2FN6O4S/c33-22-12-10-20(11-13-22)30-31(21-4-3-5-23(34)16-21)45-28(17-29-36-38-39-37-29)32(42)41(30)27(19-8-9-19)18-40(46(43,44)24-14-15-24)26-7-2-1-6-25(26)35/h1-7,10-13,16,19,24,27-28,30-31H,8-9,14-15,17-18H2,(H,36,37,38,39)/t27-,28+,30+,31+/m0/s1. The van der Waals surface area contributed by atoms with Crippen molar-refractivity contribution in [1.29, 1.82) is 0 Å². The number of aromatic nitrogens is 4. The van der Waals surface area contributed by atoms with Gasteiger partial charge < -0.3 is 9.64 Å². The zero-order valence-electron chi connectivity index (χ0n) is 24.5. The lowest BCUT2D eigenvalue weighted by atomic mass is 9.89. The number of para-hydroxylation sites is 1. The molecule has 1 aliphatic heterocycles. The Hall–Kier alpha value is -3.58. The summed E-state index contributed by atoms with van der Waals surface area (Å²) >= 11 is 12.8. The predicted octanol–water partition coefficient (Wildman–Crippen LogP) is 5.68. The number of benzene rings is 3. The molecule has 2 aliphatic carbocycles. The smallest absolute Gasteiger partial charge is 0.253 e. The monoisotopic (exact) mass is 684 g/mol. The molecule has 240 valence electrons. The first kappa shape index (κ1) is 31.0. The molecule has 10 nitrogen and oxygen atoms in total. The highest BCUT2D eigenvalue weighted by Gasteiger charge is 2.52. The summed E-state index contributed by atoms with van der Waals surface area (Å²) in [6.45, 7) is -0.112. The molecule has 0 radical (unpaired) electrons. The van der Waals surface area contributed by atoms with E-state index in [1.807, 2.05) is 24.3 Å². The van der Waals surface area contributed by atoms with Gasteiger partial charge in [0.1, 0.15) is 18.0 Å². The van der Waals surface area contributed by atoms with Crippen molar-refractivity contribution in [3.8, 4) is 0 Å². The minimum atomic E-state index is -3.92. The van der Waals surface area contributed by atoms with E-state index in [0.29, 0.717) is 28.7 Å². The van der Waals surface area contributed by atoms with Crippen molar-refractivity contribution < 1.29 is 22.3 Å². The number of nitrogens with zero attached hydrogens (tertiary/aromatic N) is 5. The number of nitrogens with one attached hydrogen (secondary N) is 1. The third-order valence-electron chi connectivity index (χ3n) is 8.83. The van der Waals surface area contributed by atoms with Crippen molar-refractivity contribution in [2.45, 2.75) is 61.6 Å². The van der Waals surface area contributed by atoms with Crippen molar-refractivity contribution in [1.82, 2.24) is 25.5 Å². The van der Waals surface area contributed by atoms with E-state index in [1.54, 1.807) is 35.2 Å². The molecule has 3 aromatic carbocycles. The number of ether oxygens (including phenoxy) is 1. The van der Waals surface area contributed by atoms with Crippen molar-refractivity contribution >= 4 is 44.8 Å². The van der Waals surface area contributed by atoms with E-state index in [2.05, 4.69) is 20.6 Å². The second-order valence-corrected chi connectivity index (χ2v) is 15.0. The van der Waals surface area contributed by atoms with Crippen molar-refractivity contribution in [2.24, 2.45) is 5.92 Å². The fourth-order valence-corrected chi connectivity index (χ4v) is 8.50. The first-order chi connectivity index (χ1) is 22.2. The van der Waals surface area contributed by atoms with Crippen LogP contribution in [0.5, 0.6) is 0 Å². The largest absolute Gasteiger partial charge is 0.357 e. The zero-order valence-corrected chi connectivity index (χ0v) is 26.9. The Bertz CT molecular complexity index is 1820. The summed E-state index contributed by atoms with van der Waals surface area (Å²) in [6, 6.07) is 19.0. The molecule has 1 amide bonds. The summed E-state index contributed by atoms with van der Waals surface area (Å²) in [5.74, 6) is -0.645. The molecule has 4 atom stereocenters. The molecule has 46 heavy (non-hydrogen) atoms. The first-order valence-corrected chi connectivity index (χ1v) is 17.4. The number of hydrogen-bond donors (Lipinski definition) is 1. The Balaban J connectivity index is 1.37. The Labute approximate surface area is 275 Å². The highest BCUT2D eigenvalue weighted by Crippen LogP contribution is 2.49. The number of H-pyrrole nitrogens is 1. The van der Waals surface area contributed by atoms with Gasteiger partial charge in [0.2, 0.25) is 10.0 Å². The summed E-state index contributed by atoms with van der Waals surface area (Å²) in [5.41, 5.74) is 1.45. The van der Waals surface area contributed by atoms with Crippen LogP contribution in [0.25, 0.3) is 0 Å². The van der Waals surface area contributed by atoms with E-state index < -0.39 is 45.4 Å². The number of sulfonamides is 1. The highest BCUT2D eigenvalue weighted by molar-refractivity contribution is 7.93. The molecule has 7 rings (SSSR count). The molecule has 2 heterocycles. The summed E-state index contributed by atoms with van der Waals surface area (Å²) in [7, 11) is -3.92. The fraction of sp³-hybridized carbons (Fsp3) is 0.375. The van der Waals surface area contributed by atoms with Gasteiger partial charge in [-0.2, -0.15) is 0 Å². The van der Waals surface area contributed by atoms with E-state index in [9.17, 15) is 13.2 Å². The number of amides is 1. The molecular weight excluding hydrogens is 654 g/mol. The zero-order chi connectivity index (χ0) is 32.0. The van der Waals surface area contributed by atoms with Crippen LogP contribution in [0.2, 0.25) is 10.0 Å². The average molecular weight is 686 g/mol. The van der Waals surface area contributed by atoms with Crippen LogP contribution in [0, 0.1) is 11.7 Å². The van der Waals surface area contributed by atoms with Crippen LogP contribution in [0.3, 0.4) is 0 Å². The number of halogens is 3. The van der Waals surface area contributed by atoms with Crippen molar-refractivity contribution in [3.63, 3.8) is 0 Å². The van der Waals surface area contributed by atoms with E-state index in [4.69, 9.17) is 27.9 Å². The number of anilines is 1. The van der Waals surface area contributed by atoms with E-state index in [0.717, 1.165) is 24.0 Å². The fourth-order valence-electron chi connectivity index (χ4n) is 6.30. The molecule has 4 aromatic rings. The Kier molecular flexibility index (Phi) is 8.47. The highest BCUT2D eigenvalue weighted by atomic mass is 35.5. The van der Waals surface area contributed by atoms with E-state index >= 15 is 4.39 Å². The number of rotatable bonds is 11. The van der Waals surface area contributed by atoms with Gasteiger partial charge in [0.05, 0.1) is 29.6 Å². The predicted molar refractivity (Wildman–Crippen MR) is 170 cm³/mol. The summed E-state index contributed by atoms with van der Waals surface area (Å²) < 4.78 is 51.1. The molecule has 1 N–H and O–H groups in total. The molecule has 14 heteroatoms. The maximum Gasteiger partial charge on any atom is 0.253 e. The lowest BCUT2D eigenvalue weighted by Crippen LogP contribution is -2.59.